The molecule has 1 aromatic heterocycles. The Hall–Kier alpha value is -0.500. The number of pyridine rings is 1. The summed E-state index contributed by atoms with van der Waals surface area (Å²) in [5.41, 5.74) is 11.2. The lowest BCUT2D eigenvalue weighted by atomic mass is 10.1. The summed E-state index contributed by atoms with van der Waals surface area (Å²) in [6.07, 6.45) is -1.46. The van der Waals surface area contributed by atoms with Crippen LogP contribution in [0.25, 0.3) is 0 Å². The molecule has 6 heteroatoms. The van der Waals surface area contributed by atoms with Crippen molar-refractivity contribution in [1.29, 1.82) is 0 Å². The quantitative estimate of drug-likeness (QED) is 0.645. The lowest BCUT2D eigenvalue weighted by molar-refractivity contribution is 0.150. The molecule has 0 saturated carbocycles. The van der Waals surface area contributed by atoms with Gasteiger partial charge in [-0.05, 0) is 22.6 Å². The number of nitrogen functional groups attached to an aromatic ring is 1. The number of halogens is 3. The summed E-state index contributed by atoms with van der Waals surface area (Å²) < 4.78 is 25.2. The highest BCUT2D eigenvalue weighted by Crippen LogP contribution is 2.27. The number of alkyl halides is 2. The Morgan fingerprint density at radius 2 is 2.15 bits per heavy atom. The van der Waals surface area contributed by atoms with E-state index in [1.165, 1.54) is 0 Å². The van der Waals surface area contributed by atoms with Crippen LogP contribution in [0.2, 0.25) is 0 Å². The highest BCUT2D eigenvalue weighted by atomic mass is 127. The molecule has 0 aliphatic heterocycles. The van der Waals surface area contributed by atoms with Crippen LogP contribution in [0, 0.1) is 3.70 Å². The van der Waals surface area contributed by atoms with Crippen LogP contribution >= 0.6 is 22.6 Å². The molecule has 0 radical (unpaired) electrons. The van der Waals surface area contributed by atoms with E-state index in [-0.39, 0.29) is 23.4 Å². The van der Waals surface area contributed by atoms with Crippen LogP contribution in [0.4, 0.5) is 14.5 Å². The SMILES string of the molecule is NCc1c(C(F)F)cnc(I)c1N. The Labute approximate surface area is 87.7 Å². The minimum absolute atomic E-state index is 0.00400. The fourth-order valence-electron chi connectivity index (χ4n) is 0.970. The van der Waals surface area contributed by atoms with Gasteiger partial charge in [0.1, 0.15) is 3.70 Å². The van der Waals surface area contributed by atoms with Crippen molar-refractivity contribution in [3.63, 3.8) is 0 Å². The van der Waals surface area contributed by atoms with E-state index in [9.17, 15) is 8.78 Å². The number of aromatic nitrogens is 1. The summed E-state index contributed by atoms with van der Waals surface area (Å²) in [4.78, 5) is 3.73. The van der Waals surface area contributed by atoms with Gasteiger partial charge in [0.05, 0.1) is 5.69 Å². The Bertz CT molecular complexity index is 317. The van der Waals surface area contributed by atoms with E-state index in [0.29, 0.717) is 3.70 Å². The molecule has 13 heavy (non-hydrogen) atoms. The summed E-state index contributed by atoms with van der Waals surface area (Å²) in [5.74, 6) is 0. The summed E-state index contributed by atoms with van der Waals surface area (Å²) in [7, 11) is 0. The Morgan fingerprint density at radius 1 is 1.54 bits per heavy atom. The monoisotopic (exact) mass is 299 g/mol. The van der Waals surface area contributed by atoms with Crippen molar-refractivity contribution < 1.29 is 8.78 Å². The number of anilines is 1. The largest absolute Gasteiger partial charge is 0.396 e. The van der Waals surface area contributed by atoms with Crippen LogP contribution < -0.4 is 11.5 Å². The molecule has 0 fully saturated rings. The lowest BCUT2D eigenvalue weighted by Crippen LogP contribution is -2.09. The van der Waals surface area contributed by atoms with E-state index in [0.717, 1.165) is 6.20 Å². The van der Waals surface area contributed by atoms with Crippen molar-refractivity contribution in [3.8, 4) is 0 Å². The van der Waals surface area contributed by atoms with Gasteiger partial charge in [-0.25, -0.2) is 13.8 Å². The average Bonchev–Trinajstić information content (AvgIpc) is 2.09. The zero-order valence-electron chi connectivity index (χ0n) is 6.60. The maximum atomic E-state index is 12.4. The van der Waals surface area contributed by atoms with Gasteiger partial charge in [-0.15, -0.1) is 0 Å². The zero-order valence-corrected chi connectivity index (χ0v) is 8.76. The van der Waals surface area contributed by atoms with E-state index in [1.54, 1.807) is 0 Å². The first-order valence-electron chi connectivity index (χ1n) is 3.49. The van der Waals surface area contributed by atoms with Crippen molar-refractivity contribution in [2.45, 2.75) is 13.0 Å². The standard InChI is InChI=1S/C7H8F2IN3/c8-6(9)4-2-13-7(10)5(12)3(4)1-11/h2,6H,1,11-12H2. The summed E-state index contributed by atoms with van der Waals surface area (Å²) in [5, 5.41) is 0. The molecule has 0 aromatic carbocycles. The fraction of sp³-hybridized carbons (Fsp3) is 0.286. The number of nitrogens with zero attached hydrogens (tertiary/aromatic N) is 1. The second-order valence-electron chi connectivity index (χ2n) is 2.40. The molecule has 1 rings (SSSR count). The first-order valence-corrected chi connectivity index (χ1v) is 4.56. The molecule has 0 spiro atoms. The van der Waals surface area contributed by atoms with E-state index >= 15 is 0 Å². The van der Waals surface area contributed by atoms with Crippen molar-refractivity contribution in [3.05, 3.63) is 21.0 Å². The molecule has 0 aliphatic carbocycles. The molecule has 0 bridgehead atoms. The van der Waals surface area contributed by atoms with E-state index in [2.05, 4.69) is 4.98 Å². The van der Waals surface area contributed by atoms with Gasteiger partial charge in [0.2, 0.25) is 0 Å². The second-order valence-corrected chi connectivity index (χ2v) is 3.42. The molecule has 0 amide bonds. The van der Waals surface area contributed by atoms with Gasteiger partial charge in [0.25, 0.3) is 6.43 Å². The van der Waals surface area contributed by atoms with Gasteiger partial charge in [0.15, 0.2) is 0 Å². The third kappa shape index (κ3) is 2.05. The van der Waals surface area contributed by atoms with Crippen LogP contribution in [-0.4, -0.2) is 4.98 Å². The Balaban J connectivity index is 3.30. The van der Waals surface area contributed by atoms with Crippen molar-refractivity contribution in [1.82, 2.24) is 4.98 Å². The van der Waals surface area contributed by atoms with Crippen molar-refractivity contribution >= 4 is 28.3 Å². The normalized spacial score (nSPS) is 10.8. The number of hydrogen-bond acceptors (Lipinski definition) is 3. The maximum Gasteiger partial charge on any atom is 0.265 e. The third-order valence-corrected chi connectivity index (χ3v) is 2.51. The first-order chi connectivity index (χ1) is 6.07. The molecule has 0 atom stereocenters. The fourth-order valence-corrected chi connectivity index (χ4v) is 1.43. The molecule has 72 valence electrons. The zero-order chi connectivity index (χ0) is 10.0. The molecule has 0 aliphatic rings. The molecule has 0 saturated heterocycles. The van der Waals surface area contributed by atoms with E-state index in [1.807, 2.05) is 22.6 Å². The molecular formula is C7H8F2IN3. The summed E-state index contributed by atoms with van der Waals surface area (Å²) >= 11 is 1.88. The lowest BCUT2D eigenvalue weighted by Gasteiger charge is -2.10. The van der Waals surface area contributed by atoms with Crippen LogP contribution in [0.15, 0.2) is 6.20 Å². The highest BCUT2D eigenvalue weighted by Gasteiger charge is 2.16. The minimum Gasteiger partial charge on any atom is -0.396 e. The maximum absolute atomic E-state index is 12.4. The molecular weight excluding hydrogens is 291 g/mol. The number of nitrogens with two attached hydrogens (primary N) is 2. The number of hydrogen-bond donors (Lipinski definition) is 2. The van der Waals surface area contributed by atoms with Crippen LogP contribution in [0.3, 0.4) is 0 Å². The van der Waals surface area contributed by atoms with Crippen LogP contribution in [0.5, 0.6) is 0 Å². The second kappa shape index (κ2) is 4.14. The van der Waals surface area contributed by atoms with E-state index in [4.69, 9.17) is 11.5 Å². The predicted molar refractivity (Wildman–Crippen MR) is 54.2 cm³/mol. The van der Waals surface area contributed by atoms with Gasteiger partial charge < -0.3 is 11.5 Å². The van der Waals surface area contributed by atoms with E-state index < -0.39 is 6.43 Å². The van der Waals surface area contributed by atoms with Gasteiger partial charge in [-0.1, -0.05) is 0 Å². The average molecular weight is 299 g/mol. The Kier molecular flexibility index (Phi) is 3.37. The van der Waals surface area contributed by atoms with Gasteiger partial charge in [-0.2, -0.15) is 0 Å². The summed E-state index contributed by atoms with van der Waals surface area (Å²) in [6, 6.07) is 0. The first kappa shape index (κ1) is 10.6. The van der Waals surface area contributed by atoms with Crippen molar-refractivity contribution in [2.24, 2.45) is 5.73 Å². The molecule has 1 aromatic rings. The van der Waals surface area contributed by atoms with Gasteiger partial charge in [0, 0.05) is 23.9 Å². The molecule has 1 heterocycles. The minimum atomic E-state index is -2.58. The predicted octanol–water partition coefficient (Wildman–Crippen LogP) is 1.66. The number of rotatable bonds is 2. The topological polar surface area (TPSA) is 64.9 Å². The van der Waals surface area contributed by atoms with Crippen LogP contribution in [-0.2, 0) is 6.54 Å². The smallest absolute Gasteiger partial charge is 0.265 e. The highest BCUT2D eigenvalue weighted by molar-refractivity contribution is 14.1. The molecule has 3 nitrogen and oxygen atoms in total. The third-order valence-electron chi connectivity index (χ3n) is 1.65. The summed E-state index contributed by atoms with van der Waals surface area (Å²) in [6.45, 7) is 0.00400. The Morgan fingerprint density at radius 3 is 2.62 bits per heavy atom. The molecule has 0 unspecified atom stereocenters. The van der Waals surface area contributed by atoms with Gasteiger partial charge >= 0.3 is 0 Å². The van der Waals surface area contributed by atoms with Gasteiger partial charge in [-0.3, -0.25) is 0 Å². The van der Waals surface area contributed by atoms with Crippen LogP contribution in [0.1, 0.15) is 17.6 Å². The van der Waals surface area contributed by atoms with Crippen molar-refractivity contribution in [2.75, 3.05) is 5.73 Å². The molecule has 4 N–H and O–H groups in total.